The lowest BCUT2D eigenvalue weighted by Gasteiger charge is -2.06. The van der Waals surface area contributed by atoms with E-state index in [2.05, 4.69) is 48.8 Å². The average Bonchev–Trinajstić information content (AvgIpc) is 1.85. The van der Waals surface area contributed by atoms with Gasteiger partial charge in [-0.25, -0.2) is 0 Å². The average molecular weight is 213 g/mol. The highest BCUT2D eigenvalue weighted by molar-refractivity contribution is 9.10. The van der Waals surface area contributed by atoms with Gasteiger partial charge in [-0.05, 0) is 43.0 Å². The van der Waals surface area contributed by atoms with Crippen molar-refractivity contribution in [1.29, 1.82) is 0 Å². The summed E-state index contributed by atoms with van der Waals surface area (Å²) in [4.78, 5) is 0. The summed E-state index contributed by atoms with van der Waals surface area (Å²) < 4.78 is 1.25. The van der Waals surface area contributed by atoms with Crippen LogP contribution in [0.1, 0.15) is 23.6 Å². The quantitative estimate of drug-likeness (QED) is 0.668. The van der Waals surface area contributed by atoms with Gasteiger partial charge in [-0.15, -0.1) is 0 Å². The second-order valence-electron chi connectivity index (χ2n) is 2.90. The highest BCUT2D eigenvalue weighted by Gasteiger charge is 2.01. The third kappa shape index (κ3) is 1.84. The Hall–Kier alpha value is -0.300. The fourth-order valence-electron chi connectivity index (χ4n) is 1.39. The van der Waals surface area contributed by atoms with Crippen LogP contribution in [-0.4, -0.2) is 0 Å². The molecule has 0 aromatic heterocycles. The van der Waals surface area contributed by atoms with Crippen molar-refractivity contribution in [2.45, 2.75) is 27.2 Å². The van der Waals surface area contributed by atoms with Gasteiger partial charge in [0, 0.05) is 4.47 Å². The summed E-state index contributed by atoms with van der Waals surface area (Å²) in [5.74, 6) is 0. The molecule has 0 aliphatic carbocycles. The molecular formula is C10H13Br. The van der Waals surface area contributed by atoms with Gasteiger partial charge in [0.25, 0.3) is 0 Å². The van der Waals surface area contributed by atoms with E-state index in [0.717, 1.165) is 6.42 Å². The van der Waals surface area contributed by atoms with Crippen molar-refractivity contribution >= 4 is 15.9 Å². The maximum atomic E-state index is 3.56. The number of aryl methyl sites for hydroxylation is 2. The van der Waals surface area contributed by atoms with Gasteiger partial charge in [0.05, 0.1) is 0 Å². The molecule has 0 N–H and O–H groups in total. The molecule has 11 heavy (non-hydrogen) atoms. The van der Waals surface area contributed by atoms with Crippen molar-refractivity contribution in [3.05, 3.63) is 33.3 Å². The normalized spacial score (nSPS) is 10.2. The molecule has 0 saturated carbocycles. The van der Waals surface area contributed by atoms with Crippen LogP contribution in [0.25, 0.3) is 0 Å². The third-order valence-corrected chi connectivity index (χ3v) is 2.62. The molecule has 0 amide bonds. The summed E-state index contributed by atoms with van der Waals surface area (Å²) in [6.07, 6.45) is 1.10. The van der Waals surface area contributed by atoms with Crippen LogP contribution in [0, 0.1) is 13.8 Å². The Morgan fingerprint density at radius 3 is 2.36 bits per heavy atom. The monoisotopic (exact) mass is 212 g/mol. The maximum Gasteiger partial charge on any atom is 0.0212 e. The van der Waals surface area contributed by atoms with E-state index >= 15 is 0 Å². The van der Waals surface area contributed by atoms with Crippen molar-refractivity contribution in [3.8, 4) is 0 Å². The lowest BCUT2D eigenvalue weighted by Crippen LogP contribution is -1.89. The van der Waals surface area contributed by atoms with Crippen LogP contribution >= 0.6 is 15.9 Å². The number of rotatable bonds is 1. The van der Waals surface area contributed by atoms with Gasteiger partial charge < -0.3 is 0 Å². The molecule has 0 spiro atoms. The Kier molecular flexibility index (Phi) is 2.72. The van der Waals surface area contributed by atoms with Crippen LogP contribution in [0.5, 0.6) is 0 Å². The van der Waals surface area contributed by atoms with Crippen LogP contribution < -0.4 is 0 Å². The van der Waals surface area contributed by atoms with E-state index < -0.39 is 0 Å². The van der Waals surface area contributed by atoms with Crippen LogP contribution in [-0.2, 0) is 6.42 Å². The van der Waals surface area contributed by atoms with Gasteiger partial charge in [-0.3, -0.25) is 0 Å². The molecule has 0 atom stereocenters. The molecule has 1 rings (SSSR count). The number of hydrogen-bond donors (Lipinski definition) is 0. The standard InChI is InChI=1S/C10H13Br/c1-4-9-8(3)5-7(2)6-10(9)11/h5-6H,4H2,1-3H3. The van der Waals surface area contributed by atoms with Crippen LogP contribution in [0.15, 0.2) is 16.6 Å². The molecule has 0 bridgehead atoms. The lowest BCUT2D eigenvalue weighted by molar-refractivity contribution is 1.09. The molecule has 0 aliphatic rings. The molecule has 0 unspecified atom stereocenters. The Labute approximate surface area is 76.8 Å². The maximum absolute atomic E-state index is 3.56. The molecule has 60 valence electrons. The van der Waals surface area contributed by atoms with Gasteiger partial charge in [0.15, 0.2) is 0 Å². The molecule has 1 heteroatoms. The van der Waals surface area contributed by atoms with Crippen molar-refractivity contribution in [2.75, 3.05) is 0 Å². The zero-order chi connectivity index (χ0) is 8.43. The molecule has 0 aliphatic heterocycles. The SMILES string of the molecule is CCc1c(C)cc(C)cc1Br. The minimum absolute atomic E-state index is 1.10. The van der Waals surface area contributed by atoms with Gasteiger partial charge in [0.1, 0.15) is 0 Å². The minimum Gasteiger partial charge on any atom is -0.0612 e. The molecule has 0 radical (unpaired) electrons. The van der Waals surface area contributed by atoms with Gasteiger partial charge in [-0.1, -0.05) is 28.9 Å². The molecule has 1 aromatic rings. The summed E-state index contributed by atoms with van der Waals surface area (Å²) in [7, 11) is 0. The van der Waals surface area contributed by atoms with E-state index in [4.69, 9.17) is 0 Å². The Morgan fingerprint density at radius 1 is 1.27 bits per heavy atom. The second kappa shape index (κ2) is 3.40. The fourth-order valence-corrected chi connectivity index (χ4v) is 2.35. The van der Waals surface area contributed by atoms with Gasteiger partial charge in [0.2, 0.25) is 0 Å². The van der Waals surface area contributed by atoms with E-state index in [1.165, 1.54) is 21.2 Å². The first-order valence-electron chi connectivity index (χ1n) is 3.90. The van der Waals surface area contributed by atoms with E-state index in [1.54, 1.807) is 0 Å². The summed E-state index contributed by atoms with van der Waals surface area (Å²) >= 11 is 3.56. The number of benzene rings is 1. The summed E-state index contributed by atoms with van der Waals surface area (Å²) in [6, 6.07) is 4.40. The van der Waals surface area contributed by atoms with E-state index in [9.17, 15) is 0 Å². The first kappa shape index (κ1) is 8.79. The number of hydrogen-bond acceptors (Lipinski definition) is 0. The van der Waals surface area contributed by atoms with E-state index in [-0.39, 0.29) is 0 Å². The van der Waals surface area contributed by atoms with E-state index in [1.807, 2.05) is 0 Å². The zero-order valence-corrected chi connectivity index (χ0v) is 8.83. The number of halogens is 1. The first-order valence-corrected chi connectivity index (χ1v) is 4.70. The molecule has 0 heterocycles. The van der Waals surface area contributed by atoms with Crippen molar-refractivity contribution in [2.24, 2.45) is 0 Å². The highest BCUT2D eigenvalue weighted by atomic mass is 79.9. The third-order valence-electron chi connectivity index (χ3n) is 1.92. The van der Waals surface area contributed by atoms with Crippen molar-refractivity contribution in [1.82, 2.24) is 0 Å². The zero-order valence-electron chi connectivity index (χ0n) is 7.24. The highest BCUT2D eigenvalue weighted by Crippen LogP contribution is 2.22. The van der Waals surface area contributed by atoms with Gasteiger partial charge >= 0.3 is 0 Å². The summed E-state index contributed by atoms with van der Waals surface area (Å²) in [6.45, 7) is 6.47. The second-order valence-corrected chi connectivity index (χ2v) is 3.75. The Morgan fingerprint density at radius 2 is 1.91 bits per heavy atom. The molecular weight excluding hydrogens is 200 g/mol. The van der Waals surface area contributed by atoms with Crippen LogP contribution in [0.2, 0.25) is 0 Å². The Balaban J connectivity index is 3.25. The molecule has 0 fully saturated rings. The summed E-state index contributed by atoms with van der Waals surface area (Å²) in [5, 5.41) is 0. The molecule has 0 saturated heterocycles. The smallest absolute Gasteiger partial charge is 0.0212 e. The predicted molar refractivity (Wildman–Crippen MR) is 53.0 cm³/mol. The van der Waals surface area contributed by atoms with Crippen molar-refractivity contribution in [3.63, 3.8) is 0 Å². The fraction of sp³-hybridized carbons (Fsp3) is 0.400. The molecule has 0 nitrogen and oxygen atoms in total. The van der Waals surface area contributed by atoms with Crippen LogP contribution in [0.4, 0.5) is 0 Å². The predicted octanol–water partition coefficient (Wildman–Crippen LogP) is 3.63. The van der Waals surface area contributed by atoms with Crippen LogP contribution in [0.3, 0.4) is 0 Å². The van der Waals surface area contributed by atoms with Gasteiger partial charge in [-0.2, -0.15) is 0 Å². The largest absolute Gasteiger partial charge is 0.0612 e. The minimum atomic E-state index is 1.10. The van der Waals surface area contributed by atoms with Crippen molar-refractivity contribution < 1.29 is 0 Å². The first-order chi connectivity index (χ1) is 5.15. The lowest BCUT2D eigenvalue weighted by atomic mass is 10.0. The topological polar surface area (TPSA) is 0 Å². The summed E-state index contributed by atoms with van der Waals surface area (Å²) in [5.41, 5.74) is 4.14. The molecule has 1 aromatic carbocycles. The van der Waals surface area contributed by atoms with E-state index in [0.29, 0.717) is 0 Å². The Bertz CT molecular complexity index is 241.